The van der Waals surface area contributed by atoms with E-state index in [0.29, 0.717) is 6.54 Å². The highest BCUT2D eigenvalue weighted by molar-refractivity contribution is 5.79. The molecule has 6 heteroatoms. The summed E-state index contributed by atoms with van der Waals surface area (Å²) < 4.78 is 5.20. The summed E-state index contributed by atoms with van der Waals surface area (Å²) in [6, 6.07) is -0.717. The van der Waals surface area contributed by atoms with Crippen molar-refractivity contribution in [1.82, 2.24) is 10.2 Å². The summed E-state index contributed by atoms with van der Waals surface area (Å²) in [4.78, 5) is 24.8. The second-order valence-corrected chi connectivity index (χ2v) is 5.37. The molecule has 19 heavy (non-hydrogen) atoms. The first-order valence-electron chi connectivity index (χ1n) is 6.74. The summed E-state index contributed by atoms with van der Waals surface area (Å²) in [5, 5.41) is 12.0. The van der Waals surface area contributed by atoms with Crippen molar-refractivity contribution in [3.05, 3.63) is 0 Å². The second kappa shape index (κ2) is 6.75. The highest BCUT2D eigenvalue weighted by Crippen LogP contribution is 2.28. The lowest BCUT2D eigenvalue weighted by Gasteiger charge is -2.27. The number of carbonyl (C=O) groups excluding carboxylic acids is 1. The number of hydrogen-bond donors (Lipinski definition) is 2. The molecule has 110 valence electrons. The van der Waals surface area contributed by atoms with Crippen molar-refractivity contribution in [2.75, 3.05) is 26.8 Å². The first-order chi connectivity index (χ1) is 8.91. The van der Waals surface area contributed by atoms with Gasteiger partial charge in [-0.25, -0.2) is 4.79 Å². The van der Waals surface area contributed by atoms with Gasteiger partial charge in [-0.3, -0.25) is 4.79 Å². The standard InChI is InChI=1S/C13H24N2O4/c1-4-5-6-7-15(3)12(18)14-10-8-19-9-13(10,2)11(16)17/h10H,4-9H2,1-3H3,(H,14,18)(H,16,17). The van der Waals surface area contributed by atoms with E-state index in [-0.39, 0.29) is 19.2 Å². The van der Waals surface area contributed by atoms with Crippen LogP contribution in [0.4, 0.5) is 4.79 Å². The van der Waals surface area contributed by atoms with Gasteiger partial charge in [-0.1, -0.05) is 19.8 Å². The van der Waals surface area contributed by atoms with E-state index in [2.05, 4.69) is 12.2 Å². The first kappa shape index (κ1) is 15.8. The monoisotopic (exact) mass is 272 g/mol. The van der Waals surface area contributed by atoms with Crippen molar-refractivity contribution in [3.8, 4) is 0 Å². The third kappa shape index (κ3) is 3.83. The lowest BCUT2D eigenvalue weighted by molar-refractivity contribution is -0.148. The van der Waals surface area contributed by atoms with E-state index in [9.17, 15) is 14.7 Å². The number of carboxylic acid groups (broad SMARTS) is 1. The maximum absolute atomic E-state index is 12.0. The Morgan fingerprint density at radius 3 is 2.74 bits per heavy atom. The van der Waals surface area contributed by atoms with Gasteiger partial charge in [-0.2, -0.15) is 0 Å². The second-order valence-electron chi connectivity index (χ2n) is 5.37. The van der Waals surface area contributed by atoms with Gasteiger partial charge in [0.2, 0.25) is 0 Å². The molecule has 0 spiro atoms. The molecule has 0 aromatic heterocycles. The van der Waals surface area contributed by atoms with Crippen molar-refractivity contribution in [2.45, 2.75) is 39.2 Å². The van der Waals surface area contributed by atoms with Crippen molar-refractivity contribution in [1.29, 1.82) is 0 Å². The number of nitrogens with one attached hydrogen (secondary N) is 1. The summed E-state index contributed by atoms with van der Waals surface area (Å²) >= 11 is 0. The Morgan fingerprint density at radius 2 is 2.16 bits per heavy atom. The lowest BCUT2D eigenvalue weighted by atomic mass is 9.85. The fourth-order valence-electron chi connectivity index (χ4n) is 2.04. The molecule has 2 atom stereocenters. The van der Waals surface area contributed by atoms with E-state index in [1.165, 1.54) is 0 Å². The minimum Gasteiger partial charge on any atom is -0.481 e. The third-order valence-electron chi connectivity index (χ3n) is 3.69. The predicted molar refractivity (Wildman–Crippen MR) is 71.0 cm³/mol. The Labute approximate surface area is 114 Å². The molecule has 1 rings (SSSR count). The van der Waals surface area contributed by atoms with E-state index >= 15 is 0 Å². The van der Waals surface area contributed by atoms with E-state index in [4.69, 9.17) is 4.74 Å². The van der Waals surface area contributed by atoms with Crippen molar-refractivity contribution >= 4 is 12.0 Å². The number of carboxylic acids is 1. The number of hydrogen-bond acceptors (Lipinski definition) is 3. The van der Waals surface area contributed by atoms with Gasteiger partial charge in [0.1, 0.15) is 5.41 Å². The minimum atomic E-state index is -1.04. The van der Waals surface area contributed by atoms with Crippen LogP contribution in [0.15, 0.2) is 0 Å². The molecule has 1 aliphatic rings. The molecule has 0 aliphatic carbocycles. The van der Waals surface area contributed by atoms with Gasteiger partial charge in [0.25, 0.3) is 0 Å². The molecule has 6 nitrogen and oxygen atoms in total. The van der Waals surface area contributed by atoms with Crippen LogP contribution in [0.25, 0.3) is 0 Å². The SMILES string of the molecule is CCCCCN(C)C(=O)NC1COCC1(C)C(=O)O. The zero-order valence-corrected chi connectivity index (χ0v) is 11.9. The average molecular weight is 272 g/mol. The molecule has 0 aromatic rings. The van der Waals surface area contributed by atoms with Gasteiger partial charge >= 0.3 is 12.0 Å². The van der Waals surface area contributed by atoms with Crippen LogP contribution in [-0.4, -0.2) is 54.9 Å². The number of carbonyl (C=O) groups is 2. The Bertz CT molecular complexity index is 335. The summed E-state index contributed by atoms with van der Waals surface area (Å²) in [5.41, 5.74) is -1.04. The normalized spacial score (nSPS) is 26.2. The molecule has 2 N–H and O–H groups in total. The molecule has 0 radical (unpaired) electrons. The number of ether oxygens (including phenoxy) is 1. The first-order valence-corrected chi connectivity index (χ1v) is 6.74. The van der Waals surface area contributed by atoms with E-state index in [0.717, 1.165) is 19.3 Å². The highest BCUT2D eigenvalue weighted by atomic mass is 16.5. The molecule has 0 saturated carbocycles. The zero-order valence-electron chi connectivity index (χ0n) is 11.9. The number of urea groups is 1. The van der Waals surface area contributed by atoms with Crippen molar-refractivity contribution in [2.24, 2.45) is 5.41 Å². The molecule has 0 aromatic carbocycles. The van der Waals surface area contributed by atoms with Crippen LogP contribution in [0.1, 0.15) is 33.1 Å². The van der Waals surface area contributed by atoms with E-state index in [1.54, 1.807) is 18.9 Å². The summed E-state index contributed by atoms with van der Waals surface area (Å²) in [6.45, 7) is 4.76. The largest absolute Gasteiger partial charge is 0.481 e. The molecular weight excluding hydrogens is 248 g/mol. The number of amides is 2. The molecule has 1 aliphatic heterocycles. The van der Waals surface area contributed by atoms with Gasteiger partial charge in [-0.05, 0) is 13.3 Å². The van der Waals surface area contributed by atoms with Crippen LogP contribution >= 0.6 is 0 Å². The number of unbranched alkanes of at least 4 members (excludes halogenated alkanes) is 2. The van der Waals surface area contributed by atoms with Crippen molar-refractivity contribution in [3.63, 3.8) is 0 Å². The molecule has 0 bridgehead atoms. The van der Waals surface area contributed by atoms with E-state index in [1.807, 2.05) is 0 Å². The van der Waals surface area contributed by atoms with Gasteiger partial charge in [0.05, 0.1) is 19.3 Å². The van der Waals surface area contributed by atoms with Gasteiger partial charge in [0.15, 0.2) is 0 Å². The minimum absolute atomic E-state index is 0.132. The molecule has 1 heterocycles. The Morgan fingerprint density at radius 1 is 1.47 bits per heavy atom. The van der Waals surface area contributed by atoms with Crippen molar-refractivity contribution < 1.29 is 19.4 Å². The fraction of sp³-hybridized carbons (Fsp3) is 0.846. The number of aliphatic carboxylic acids is 1. The van der Waals surface area contributed by atoms with Gasteiger partial charge in [0, 0.05) is 13.6 Å². The predicted octanol–water partition coefficient (Wildman–Crippen LogP) is 1.31. The topological polar surface area (TPSA) is 78.9 Å². The third-order valence-corrected chi connectivity index (χ3v) is 3.69. The zero-order chi connectivity index (χ0) is 14.5. The van der Waals surface area contributed by atoms with Crippen LogP contribution in [0.3, 0.4) is 0 Å². The molecule has 1 fully saturated rings. The Balaban J connectivity index is 2.49. The van der Waals surface area contributed by atoms with Gasteiger partial charge < -0.3 is 20.1 Å². The maximum Gasteiger partial charge on any atom is 0.317 e. The van der Waals surface area contributed by atoms with Crippen LogP contribution in [0.2, 0.25) is 0 Å². The molecule has 2 amide bonds. The summed E-state index contributed by atoms with van der Waals surface area (Å²) in [6.07, 6.45) is 3.14. The fourth-order valence-corrected chi connectivity index (χ4v) is 2.04. The number of rotatable bonds is 6. The van der Waals surface area contributed by atoms with Crippen LogP contribution in [0.5, 0.6) is 0 Å². The van der Waals surface area contributed by atoms with Crippen LogP contribution in [0, 0.1) is 5.41 Å². The maximum atomic E-state index is 12.0. The van der Waals surface area contributed by atoms with Crippen LogP contribution < -0.4 is 5.32 Å². The van der Waals surface area contributed by atoms with Gasteiger partial charge in [-0.15, -0.1) is 0 Å². The summed E-state index contributed by atoms with van der Waals surface area (Å²) in [7, 11) is 1.72. The van der Waals surface area contributed by atoms with E-state index < -0.39 is 17.4 Å². The highest BCUT2D eigenvalue weighted by Gasteiger charge is 2.47. The Kier molecular flexibility index (Phi) is 5.60. The molecule has 1 saturated heterocycles. The van der Waals surface area contributed by atoms with Crippen LogP contribution in [-0.2, 0) is 9.53 Å². The quantitative estimate of drug-likeness (QED) is 0.714. The average Bonchev–Trinajstić information content (AvgIpc) is 2.72. The number of nitrogens with zero attached hydrogens (tertiary/aromatic N) is 1. The smallest absolute Gasteiger partial charge is 0.317 e. The molecule has 2 unspecified atom stereocenters. The Hall–Kier alpha value is -1.30. The summed E-state index contributed by atoms with van der Waals surface area (Å²) in [5.74, 6) is -0.941. The lowest BCUT2D eigenvalue weighted by Crippen LogP contribution is -2.52. The molecular formula is C13H24N2O4.